The van der Waals surface area contributed by atoms with Crippen LogP contribution in [-0.2, 0) is 7.05 Å². The van der Waals surface area contributed by atoms with Crippen LogP contribution in [0.4, 0.5) is 11.4 Å². The molecule has 3 N–H and O–H groups in total. The molecule has 0 aliphatic heterocycles. The molecular weight excluding hydrogens is 292 g/mol. The molecule has 0 aliphatic carbocycles. The third-order valence-corrected chi connectivity index (χ3v) is 3.37. The molecule has 0 radical (unpaired) electrons. The van der Waals surface area contributed by atoms with Crippen molar-refractivity contribution in [2.24, 2.45) is 7.05 Å². The van der Waals surface area contributed by atoms with E-state index >= 15 is 0 Å². The third kappa shape index (κ3) is 3.18. The van der Waals surface area contributed by atoms with E-state index in [1.165, 1.54) is 0 Å². The molecule has 116 valence electrons. The number of nitrogens with zero attached hydrogens (tertiary/aromatic N) is 4. The highest BCUT2D eigenvalue weighted by Crippen LogP contribution is 2.27. The number of nitrogens with one attached hydrogen (secondary N) is 1. The Morgan fingerprint density at radius 1 is 1.17 bits per heavy atom. The molecule has 2 aromatic heterocycles. The van der Waals surface area contributed by atoms with Crippen LogP contribution in [0.3, 0.4) is 0 Å². The second-order valence-electron chi connectivity index (χ2n) is 5.22. The van der Waals surface area contributed by atoms with Crippen molar-refractivity contribution in [3.63, 3.8) is 0 Å². The van der Waals surface area contributed by atoms with Crippen LogP contribution in [0.1, 0.15) is 16.2 Å². The Morgan fingerprint density at radius 2 is 2.00 bits per heavy atom. The van der Waals surface area contributed by atoms with E-state index in [-0.39, 0.29) is 11.6 Å². The lowest BCUT2D eigenvalue weighted by Crippen LogP contribution is -2.15. The Bertz CT molecular complexity index is 853. The average molecular weight is 308 g/mol. The number of aryl methyl sites for hydroxylation is 2. The summed E-state index contributed by atoms with van der Waals surface area (Å²) in [7, 11) is 1.85. The van der Waals surface area contributed by atoms with E-state index < -0.39 is 0 Å². The van der Waals surface area contributed by atoms with Gasteiger partial charge in [-0.2, -0.15) is 10.2 Å². The Kier molecular flexibility index (Phi) is 3.76. The molecule has 0 saturated carbocycles. The molecule has 0 spiro atoms. The number of hydrogen-bond acceptors (Lipinski definition) is 5. The Labute approximate surface area is 133 Å². The summed E-state index contributed by atoms with van der Waals surface area (Å²) in [6, 6.07) is 8.80. The van der Waals surface area contributed by atoms with Gasteiger partial charge in [0.05, 0.1) is 23.3 Å². The number of amides is 1. The summed E-state index contributed by atoms with van der Waals surface area (Å²) in [5, 5.41) is 14.7. The van der Waals surface area contributed by atoms with E-state index in [1.807, 2.05) is 32.3 Å². The van der Waals surface area contributed by atoms with Gasteiger partial charge in [-0.3, -0.25) is 9.48 Å². The summed E-state index contributed by atoms with van der Waals surface area (Å²) < 4.78 is 1.71. The maximum Gasteiger partial charge on any atom is 0.276 e. The van der Waals surface area contributed by atoms with Crippen LogP contribution >= 0.6 is 0 Å². The SMILES string of the molecule is Cc1ccc(C(=O)Nc2cc(-c3cnn(C)c3)ccc2N)nn1. The van der Waals surface area contributed by atoms with E-state index in [0.717, 1.165) is 16.8 Å². The first-order valence-electron chi connectivity index (χ1n) is 7.03. The second-order valence-corrected chi connectivity index (χ2v) is 5.22. The van der Waals surface area contributed by atoms with Crippen molar-refractivity contribution in [2.45, 2.75) is 6.92 Å². The molecule has 0 saturated heterocycles. The number of nitrogens with two attached hydrogens (primary N) is 1. The van der Waals surface area contributed by atoms with Gasteiger partial charge in [-0.15, -0.1) is 5.10 Å². The second kappa shape index (κ2) is 5.88. The molecule has 2 heterocycles. The maximum atomic E-state index is 12.2. The van der Waals surface area contributed by atoms with Gasteiger partial charge in [0.1, 0.15) is 0 Å². The molecule has 0 fully saturated rings. The summed E-state index contributed by atoms with van der Waals surface area (Å²) in [6.45, 7) is 1.81. The number of carbonyl (C=O) groups is 1. The molecule has 3 aromatic rings. The van der Waals surface area contributed by atoms with Crippen molar-refractivity contribution in [3.05, 3.63) is 54.1 Å². The predicted molar refractivity (Wildman–Crippen MR) is 87.8 cm³/mol. The number of nitrogen functional groups attached to an aromatic ring is 1. The van der Waals surface area contributed by atoms with Gasteiger partial charge >= 0.3 is 0 Å². The minimum Gasteiger partial charge on any atom is -0.397 e. The quantitative estimate of drug-likeness (QED) is 0.721. The Morgan fingerprint density at radius 3 is 2.65 bits per heavy atom. The highest BCUT2D eigenvalue weighted by Gasteiger charge is 2.11. The lowest BCUT2D eigenvalue weighted by atomic mass is 10.1. The van der Waals surface area contributed by atoms with Crippen LogP contribution in [-0.4, -0.2) is 25.9 Å². The summed E-state index contributed by atoms with van der Waals surface area (Å²) in [5.74, 6) is -0.354. The van der Waals surface area contributed by atoms with Crippen LogP contribution in [0, 0.1) is 6.92 Å². The summed E-state index contributed by atoms with van der Waals surface area (Å²) >= 11 is 0. The average Bonchev–Trinajstić information content (AvgIpc) is 2.96. The van der Waals surface area contributed by atoms with Crippen molar-refractivity contribution < 1.29 is 4.79 Å². The highest BCUT2D eigenvalue weighted by atomic mass is 16.1. The number of hydrogen-bond donors (Lipinski definition) is 2. The van der Waals surface area contributed by atoms with Crippen molar-refractivity contribution in [1.82, 2.24) is 20.0 Å². The fourth-order valence-corrected chi connectivity index (χ4v) is 2.12. The van der Waals surface area contributed by atoms with Crippen molar-refractivity contribution >= 4 is 17.3 Å². The van der Waals surface area contributed by atoms with Gasteiger partial charge < -0.3 is 11.1 Å². The van der Waals surface area contributed by atoms with Crippen LogP contribution in [0.15, 0.2) is 42.7 Å². The van der Waals surface area contributed by atoms with E-state index in [1.54, 1.807) is 29.1 Å². The Hall–Kier alpha value is -3.22. The summed E-state index contributed by atoms with van der Waals surface area (Å²) in [4.78, 5) is 12.2. The lowest BCUT2D eigenvalue weighted by Gasteiger charge is -2.09. The topological polar surface area (TPSA) is 98.7 Å². The molecule has 1 amide bonds. The molecule has 0 atom stereocenters. The van der Waals surface area contributed by atoms with E-state index in [2.05, 4.69) is 20.6 Å². The normalized spacial score (nSPS) is 10.5. The molecule has 3 rings (SSSR count). The molecular formula is C16H16N6O. The molecule has 23 heavy (non-hydrogen) atoms. The van der Waals surface area contributed by atoms with E-state index in [9.17, 15) is 4.79 Å². The first-order chi connectivity index (χ1) is 11.0. The van der Waals surface area contributed by atoms with Gasteiger partial charge in [0.15, 0.2) is 5.69 Å². The minimum absolute atomic E-state index is 0.238. The smallest absolute Gasteiger partial charge is 0.276 e. The molecule has 0 unspecified atom stereocenters. The molecule has 7 nitrogen and oxygen atoms in total. The van der Waals surface area contributed by atoms with Gasteiger partial charge in [0, 0.05) is 18.8 Å². The predicted octanol–water partition coefficient (Wildman–Crippen LogP) is 2.02. The number of carbonyl (C=O) groups excluding carboxylic acids is 1. The Balaban J connectivity index is 1.87. The molecule has 1 aromatic carbocycles. The van der Waals surface area contributed by atoms with Gasteiger partial charge in [-0.05, 0) is 36.8 Å². The summed E-state index contributed by atoms with van der Waals surface area (Å²) in [5.41, 5.74) is 9.80. The molecule has 0 aliphatic rings. The standard InChI is InChI=1S/C16H16N6O/c1-10-3-6-14(21-20-10)16(23)19-15-7-11(4-5-13(15)17)12-8-18-22(2)9-12/h3-9H,17H2,1-2H3,(H,19,23). The third-order valence-electron chi connectivity index (χ3n) is 3.37. The van der Waals surface area contributed by atoms with Gasteiger partial charge in [-0.1, -0.05) is 6.07 Å². The van der Waals surface area contributed by atoms with E-state index in [0.29, 0.717) is 11.4 Å². The zero-order chi connectivity index (χ0) is 16.4. The number of anilines is 2. The van der Waals surface area contributed by atoms with Crippen molar-refractivity contribution in [3.8, 4) is 11.1 Å². The first-order valence-corrected chi connectivity index (χ1v) is 7.03. The fraction of sp³-hybridized carbons (Fsp3) is 0.125. The molecule has 0 bridgehead atoms. The van der Waals surface area contributed by atoms with Crippen molar-refractivity contribution in [1.29, 1.82) is 0 Å². The van der Waals surface area contributed by atoms with Gasteiger partial charge in [-0.25, -0.2) is 0 Å². The maximum absolute atomic E-state index is 12.2. The number of benzene rings is 1. The van der Waals surface area contributed by atoms with Crippen LogP contribution in [0.2, 0.25) is 0 Å². The zero-order valence-corrected chi connectivity index (χ0v) is 12.8. The first kappa shape index (κ1) is 14.7. The number of aromatic nitrogens is 4. The van der Waals surface area contributed by atoms with Gasteiger partial charge in [0.25, 0.3) is 5.91 Å². The highest BCUT2D eigenvalue weighted by molar-refractivity contribution is 6.04. The van der Waals surface area contributed by atoms with Crippen molar-refractivity contribution in [2.75, 3.05) is 11.1 Å². The van der Waals surface area contributed by atoms with Crippen LogP contribution in [0.5, 0.6) is 0 Å². The lowest BCUT2D eigenvalue weighted by molar-refractivity contribution is 0.102. The van der Waals surface area contributed by atoms with Crippen LogP contribution in [0.25, 0.3) is 11.1 Å². The summed E-state index contributed by atoms with van der Waals surface area (Å²) in [6.07, 6.45) is 3.64. The minimum atomic E-state index is -0.354. The monoisotopic (exact) mass is 308 g/mol. The molecule has 7 heteroatoms. The van der Waals surface area contributed by atoms with Gasteiger partial charge in [0.2, 0.25) is 0 Å². The zero-order valence-electron chi connectivity index (χ0n) is 12.8. The fourth-order valence-electron chi connectivity index (χ4n) is 2.12. The van der Waals surface area contributed by atoms with Crippen LogP contribution < -0.4 is 11.1 Å². The number of rotatable bonds is 3. The van der Waals surface area contributed by atoms with E-state index in [4.69, 9.17) is 5.73 Å². The largest absolute Gasteiger partial charge is 0.397 e.